The number of nitrogens with zero attached hydrogens (tertiary/aromatic N) is 1. The maximum Gasteiger partial charge on any atom is 0.371 e. The Balaban J connectivity index is 2.19. The molecule has 2 heterocycles. The average Bonchev–Trinajstić information content (AvgIpc) is 2.78. The molecule has 1 aromatic heterocycles. The summed E-state index contributed by atoms with van der Waals surface area (Å²) in [4.78, 5) is 12.9. The Morgan fingerprint density at radius 3 is 2.94 bits per heavy atom. The molecule has 2 rings (SSSR count). The van der Waals surface area contributed by atoms with Gasteiger partial charge >= 0.3 is 5.97 Å². The van der Waals surface area contributed by atoms with Gasteiger partial charge in [0, 0.05) is 12.6 Å². The Labute approximate surface area is 100.0 Å². The van der Waals surface area contributed by atoms with Crippen molar-refractivity contribution < 1.29 is 19.1 Å². The van der Waals surface area contributed by atoms with Crippen LogP contribution in [0.1, 0.15) is 30.8 Å². The van der Waals surface area contributed by atoms with Crippen LogP contribution in [0.4, 0.5) is 5.88 Å². The molecule has 1 N–H and O–H groups in total. The number of rotatable bonds is 3. The maximum absolute atomic E-state index is 10.8. The summed E-state index contributed by atoms with van der Waals surface area (Å²) in [5, 5.41) is 8.83. The molecule has 5 heteroatoms. The molecule has 0 aliphatic carbocycles. The van der Waals surface area contributed by atoms with Crippen LogP contribution in [0, 0.1) is 0 Å². The summed E-state index contributed by atoms with van der Waals surface area (Å²) in [6, 6.07) is 3.45. The van der Waals surface area contributed by atoms with Crippen LogP contribution in [0.5, 0.6) is 0 Å². The summed E-state index contributed by atoms with van der Waals surface area (Å²) < 4.78 is 10.9. The molecular weight excluding hydrogens is 222 g/mol. The molecule has 17 heavy (non-hydrogen) atoms. The summed E-state index contributed by atoms with van der Waals surface area (Å²) >= 11 is 0. The van der Waals surface area contributed by atoms with E-state index in [0.29, 0.717) is 12.5 Å². The Bertz CT molecular complexity index is 401. The molecule has 0 amide bonds. The van der Waals surface area contributed by atoms with Gasteiger partial charge in [-0.3, -0.25) is 0 Å². The molecule has 0 bridgehead atoms. The highest BCUT2D eigenvalue weighted by Gasteiger charge is 2.28. The lowest BCUT2D eigenvalue weighted by Gasteiger charge is -2.38. The van der Waals surface area contributed by atoms with Gasteiger partial charge in [0.2, 0.25) is 5.76 Å². The number of hydrogen-bond donors (Lipinski definition) is 1. The second kappa shape index (κ2) is 4.79. The first-order valence-corrected chi connectivity index (χ1v) is 5.83. The van der Waals surface area contributed by atoms with Crippen LogP contribution in [0.25, 0.3) is 0 Å². The van der Waals surface area contributed by atoms with Crippen molar-refractivity contribution in [1.82, 2.24) is 0 Å². The fourth-order valence-corrected chi connectivity index (χ4v) is 2.05. The third-order valence-electron chi connectivity index (χ3n) is 3.02. The zero-order chi connectivity index (χ0) is 12.4. The topological polar surface area (TPSA) is 62.9 Å². The molecular formula is C12H17NO4. The van der Waals surface area contributed by atoms with Gasteiger partial charge in [0.1, 0.15) is 0 Å². The first-order valence-electron chi connectivity index (χ1n) is 5.83. The number of morpholine rings is 1. The van der Waals surface area contributed by atoms with E-state index in [4.69, 9.17) is 14.3 Å². The second-order valence-electron chi connectivity index (χ2n) is 4.30. The van der Waals surface area contributed by atoms with Crippen molar-refractivity contribution in [3.63, 3.8) is 0 Å². The zero-order valence-electron chi connectivity index (χ0n) is 10.0. The predicted molar refractivity (Wildman–Crippen MR) is 62.5 cm³/mol. The van der Waals surface area contributed by atoms with E-state index in [1.165, 1.54) is 6.07 Å². The van der Waals surface area contributed by atoms with Gasteiger partial charge in [-0.2, -0.15) is 0 Å². The van der Waals surface area contributed by atoms with E-state index < -0.39 is 5.97 Å². The molecule has 5 nitrogen and oxygen atoms in total. The number of carbonyl (C=O) groups is 1. The highest BCUT2D eigenvalue weighted by Crippen LogP contribution is 2.25. The number of carboxylic acid groups (broad SMARTS) is 1. The largest absolute Gasteiger partial charge is 0.475 e. The summed E-state index contributed by atoms with van der Waals surface area (Å²) in [6.07, 6.45) is 1.08. The van der Waals surface area contributed by atoms with E-state index in [1.54, 1.807) is 6.07 Å². The lowest BCUT2D eigenvalue weighted by atomic mass is 10.1. The zero-order valence-corrected chi connectivity index (χ0v) is 10.0. The minimum Gasteiger partial charge on any atom is -0.475 e. The Hall–Kier alpha value is -1.49. The summed E-state index contributed by atoms with van der Waals surface area (Å²) in [7, 11) is 0. The fourth-order valence-electron chi connectivity index (χ4n) is 2.05. The summed E-state index contributed by atoms with van der Waals surface area (Å²) in [6.45, 7) is 5.46. The first-order chi connectivity index (χ1) is 8.11. The summed E-state index contributed by atoms with van der Waals surface area (Å²) in [5.41, 5.74) is 0. The van der Waals surface area contributed by atoms with E-state index in [9.17, 15) is 4.79 Å². The van der Waals surface area contributed by atoms with Crippen LogP contribution in [0.3, 0.4) is 0 Å². The molecule has 2 atom stereocenters. The van der Waals surface area contributed by atoms with E-state index in [2.05, 4.69) is 11.8 Å². The van der Waals surface area contributed by atoms with E-state index in [-0.39, 0.29) is 17.9 Å². The van der Waals surface area contributed by atoms with Gasteiger partial charge in [0.25, 0.3) is 0 Å². The SMILES string of the molecule is CCC1COC(C)CN1c1ccc(C(=O)O)o1. The molecule has 0 saturated carbocycles. The van der Waals surface area contributed by atoms with Crippen molar-refractivity contribution in [2.24, 2.45) is 0 Å². The average molecular weight is 239 g/mol. The van der Waals surface area contributed by atoms with E-state index in [0.717, 1.165) is 13.0 Å². The number of carboxylic acids is 1. The molecule has 1 fully saturated rings. The lowest BCUT2D eigenvalue weighted by Crippen LogP contribution is -2.48. The standard InChI is InChI=1S/C12H17NO4/c1-3-9-7-16-8(2)6-13(9)11-5-4-10(17-11)12(14)15/h4-5,8-9H,3,6-7H2,1-2H3,(H,14,15). The van der Waals surface area contributed by atoms with Gasteiger partial charge < -0.3 is 19.2 Å². The Morgan fingerprint density at radius 2 is 2.35 bits per heavy atom. The van der Waals surface area contributed by atoms with Crippen LogP contribution >= 0.6 is 0 Å². The Kier molecular flexibility index (Phi) is 3.38. The number of aromatic carboxylic acids is 1. The quantitative estimate of drug-likeness (QED) is 0.873. The van der Waals surface area contributed by atoms with Crippen LogP contribution in [-0.4, -0.2) is 36.4 Å². The van der Waals surface area contributed by atoms with Crippen LogP contribution in [0.15, 0.2) is 16.5 Å². The third-order valence-corrected chi connectivity index (χ3v) is 3.02. The van der Waals surface area contributed by atoms with E-state index in [1.807, 2.05) is 6.92 Å². The number of anilines is 1. The molecule has 0 radical (unpaired) electrons. The lowest BCUT2D eigenvalue weighted by molar-refractivity contribution is 0.0280. The predicted octanol–water partition coefficient (Wildman–Crippen LogP) is 1.98. The first kappa shape index (κ1) is 12.0. The molecule has 1 saturated heterocycles. The van der Waals surface area contributed by atoms with Gasteiger partial charge in [-0.1, -0.05) is 6.92 Å². The molecule has 0 spiro atoms. The van der Waals surface area contributed by atoms with Crippen LogP contribution < -0.4 is 4.90 Å². The monoisotopic (exact) mass is 239 g/mol. The van der Waals surface area contributed by atoms with Gasteiger partial charge in [0.15, 0.2) is 5.88 Å². The van der Waals surface area contributed by atoms with Crippen LogP contribution in [-0.2, 0) is 4.74 Å². The van der Waals surface area contributed by atoms with Gasteiger partial charge in [-0.05, 0) is 19.4 Å². The van der Waals surface area contributed by atoms with Crippen molar-refractivity contribution in [3.05, 3.63) is 17.9 Å². The smallest absolute Gasteiger partial charge is 0.371 e. The second-order valence-corrected chi connectivity index (χ2v) is 4.30. The maximum atomic E-state index is 10.8. The van der Waals surface area contributed by atoms with Gasteiger partial charge in [-0.25, -0.2) is 4.79 Å². The molecule has 1 aromatic rings. The third kappa shape index (κ3) is 2.44. The minimum absolute atomic E-state index is 0.0194. The Morgan fingerprint density at radius 1 is 1.59 bits per heavy atom. The molecule has 1 aliphatic rings. The molecule has 0 aromatic carbocycles. The number of hydrogen-bond acceptors (Lipinski definition) is 4. The minimum atomic E-state index is -1.04. The number of furan rings is 1. The molecule has 94 valence electrons. The van der Waals surface area contributed by atoms with Gasteiger partial charge in [-0.15, -0.1) is 0 Å². The van der Waals surface area contributed by atoms with Crippen molar-refractivity contribution in [1.29, 1.82) is 0 Å². The van der Waals surface area contributed by atoms with E-state index >= 15 is 0 Å². The fraction of sp³-hybridized carbons (Fsp3) is 0.583. The normalized spacial score (nSPS) is 24.9. The van der Waals surface area contributed by atoms with Crippen LogP contribution in [0.2, 0.25) is 0 Å². The highest BCUT2D eigenvalue weighted by atomic mass is 16.5. The summed E-state index contributed by atoms with van der Waals surface area (Å²) in [5.74, 6) is -0.441. The molecule has 2 unspecified atom stereocenters. The van der Waals surface area contributed by atoms with Gasteiger partial charge in [0.05, 0.1) is 18.8 Å². The van der Waals surface area contributed by atoms with Crippen molar-refractivity contribution in [2.75, 3.05) is 18.1 Å². The number of ether oxygens (including phenoxy) is 1. The van der Waals surface area contributed by atoms with Crippen molar-refractivity contribution >= 4 is 11.9 Å². The van der Waals surface area contributed by atoms with Crippen molar-refractivity contribution in [2.45, 2.75) is 32.4 Å². The molecule has 1 aliphatic heterocycles. The highest BCUT2D eigenvalue weighted by molar-refractivity contribution is 5.84. The van der Waals surface area contributed by atoms with Crippen molar-refractivity contribution in [3.8, 4) is 0 Å².